The monoisotopic (exact) mass is 521 g/mol. The van der Waals surface area contributed by atoms with Crippen LogP contribution in [0.3, 0.4) is 0 Å². The number of benzene rings is 3. The number of halogens is 1. The zero-order valence-corrected chi connectivity index (χ0v) is 19.6. The normalized spacial score (nSPS) is 10.7. The van der Waals surface area contributed by atoms with Crippen LogP contribution in [0.25, 0.3) is 6.08 Å². The number of anilines is 2. The largest absolute Gasteiger partial charge is 0.508 e. The molecule has 3 rings (SSSR count). The highest BCUT2D eigenvalue weighted by atomic mass is 79.9. The molecule has 8 nitrogen and oxygen atoms in total. The number of para-hydroxylation sites is 2. The molecule has 9 heteroatoms. The minimum atomic E-state index is -0.631. The number of nitrogens with zero attached hydrogens (tertiary/aromatic N) is 1. The first kappa shape index (κ1) is 24.4. The molecule has 0 radical (unpaired) electrons. The van der Waals surface area contributed by atoms with Gasteiger partial charge >= 0.3 is 0 Å². The summed E-state index contributed by atoms with van der Waals surface area (Å²) >= 11 is 3.36. The van der Waals surface area contributed by atoms with Crippen molar-refractivity contribution < 1.29 is 24.2 Å². The summed E-state index contributed by atoms with van der Waals surface area (Å²) in [6.45, 7) is -0.303. The fourth-order valence-electron chi connectivity index (χ4n) is 2.89. The van der Waals surface area contributed by atoms with Gasteiger partial charge in [0.05, 0.1) is 12.8 Å². The first-order valence-corrected chi connectivity index (χ1v) is 10.8. The van der Waals surface area contributed by atoms with Crippen molar-refractivity contribution in [2.24, 2.45) is 0 Å². The van der Waals surface area contributed by atoms with Crippen LogP contribution in [0.2, 0.25) is 0 Å². The fourth-order valence-corrected chi connectivity index (χ4v) is 3.27. The van der Waals surface area contributed by atoms with Crippen LogP contribution in [0.5, 0.6) is 17.2 Å². The van der Waals surface area contributed by atoms with E-state index in [1.54, 1.807) is 42.5 Å². The van der Waals surface area contributed by atoms with Gasteiger partial charge in [-0.3, -0.25) is 9.59 Å². The van der Waals surface area contributed by atoms with E-state index in [9.17, 15) is 20.0 Å². The molecule has 0 aromatic heterocycles. The summed E-state index contributed by atoms with van der Waals surface area (Å²) < 4.78 is 11.6. The van der Waals surface area contributed by atoms with Crippen molar-refractivity contribution in [1.29, 1.82) is 5.26 Å². The van der Waals surface area contributed by atoms with Crippen molar-refractivity contribution in [3.05, 3.63) is 82.3 Å². The summed E-state index contributed by atoms with van der Waals surface area (Å²) in [7, 11) is 1.51. The topological polar surface area (TPSA) is 121 Å². The maximum atomic E-state index is 12.6. The van der Waals surface area contributed by atoms with Gasteiger partial charge < -0.3 is 25.2 Å². The summed E-state index contributed by atoms with van der Waals surface area (Å²) in [6.07, 6.45) is 1.37. The molecule has 0 bridgehead atoms. The molecule has 0 aliphatic carbocycles. The molecule has 3 N–H and O–H groups in total. The minimum absolute atomic E-state index is 0.0553. The SMILES string of the molecule is COc1ccccc1NC(=O)COc1ccc(Br)cc1/C=C(\C#N)C(=O)Nc1ccc(O)cc1. The smallest absolute Gasteiger partial charge is 0.266 e. The second-order valence-electron chi connectivity index (χ2n) is 6.89. The lowest BCUT2D eigenvalue weighted by Gasteiger charge is -2.12. The number of carbonyl (C=O) groups is 2. The number of phenolic OH excluding ortho intramolecular Hbond substituents is 1. The van der Waals surface area contributed by atoms with Crippen LogP contribution in [-0.4, -0.2) is 30.6 Å². The third-order valence-electron chi connectivity index (χ3n) is 4.50. The lowest BCUT2D eigenvalue weighted by molar-refractivity contribution is -0.118. The van der Waals surface area contributed by atoms with Crippen molar-refractivity contribution in [2.45, 2.75) is 0 Å². The molecule has 0 aliphatic heterocycles. The molecule has 34 heavy (non-hydrogen) atoms. The number of nitriles is 1. The van der Waals surface area contributed by atoms with Gasteiger partial charge in [-0.1, -0.05) is 28.1 Å². The lowest BCUT2D eigenvalue weighted by atomic mass is 10.1. The average Bonchev–Trinajstić information content (AvgIpc) is 2.83. The molecule has 0 unspecified atom stereocenters. The second kappa shape index (κ2) is 11.5. The zero-order chi connectivity index (χ0) is 24.5. The summed E-state index contributed by atoms with van der Waals surface area (Å²) in [6, 6.07) is 19.7. The number of nitrogens with one attached hydrogen (secondary N) is 2. The number of hydrogen-bond donors (Lipinski definition) is 3. The van der Waals surface area contributed by atoms with Crippen molar-refractivity contribution in [2.75, 3.05) is 24.4 Å². The molecular weight excluding hydrogens is 502 g/mol. The van der Waals surface area contributed by atoms with Gasteiger partial charge in [-0.15, -0.1) is 0 Å². The van der Waals surface area contributed by atoms with E-state index in [4.69, 9.17) is 9.47 Å². The molecular formula is C25H20BrN3O5. The lowest BCUT2D eigenvalue weighted by Crippen LogP contribution is -2.20. The van der Waals surface area contributed by atoms with E-state index in [1.165, 1.54) is 37.5 Å². The van der Waals surface area contributed by atoms with Crippen LogP contribution in [-0.2, 0) is 9.59 Å². The number of carbonyl (C=O) groups excluding carboxylic acids is 2. The van der Waals surface area contributed by atoms with Crippen LogP contribution in [0.1, 0.15) is 5.56 Å². The first-order valence-electron chi connectivity index (χ1n) is 9.97. The first-order chi connectivity index (χ1) is 16.4. The Morgan fingerprint density at radius 3 is 2.50 bits per heavy atom. The number of rotatable bonds is 8. The molecule has 0 fully saturated rings. The van der Waals surface area contributed by atoms with E-state index in [0.29, 0.717) is 32.9 Å². The Balaban J connectivity index is 1.74. The van der Waals surface area contributed by atoms with Crippen LogP contribution in [0.15, 0.2) is 76.8 Å². The number of methoxy groups -OCH3 is 1. The molecule has 3 aromatic rings. The summed E-state index contributed by atoms with van der Waals surface area (Å²) in [4.78, 5) is 25.0. The van der Waals surface area contributed by atoms with E-state index in [2.05, 4.69) is 26.6 Å². The Hall–Kier alpha value is -4.29. The number of aromatic hydroxyl groups is 1. The summed E-state index contributed by atoms with van der Waals surface area (Å²) in [5.41, 5.74) is 1.18. The number of ether oxygens (including phenoxy) is 2. The quantitative estimate of drug-likeness (QED) is 0.224. The third-order valence-corrected chi connectivity index (χ3v) is 5.00. The van der Waals surface area contributed by atoms with Gasteiger partial charge in [0.1, 0.15) is 28.9 Å². The van der Waals surface area contributed by atoms with Gasteiger partial charge in [0.15, 0.2) is 6.61 Å². The van der Waals surface area contributed by atoms with Crippen LogP contribution in [0, 0.1) is 11.3 Å². The van der Waals surface area contributed by atoms with Gasteiger partial charge in [-0.2, -0.15) is 5.26 Å². The van der Waals surface area contributed by atoms with Gasteiger partial charge in [-0.25, -0.2) is 0 Å². The molecule has 0 spiro atoms. The van der Waals surface area contributed by atoms with Crippen LogP contribution < -0.4 is 20.1 Å². The number of amides is 2. The van der Waals surface area contributed by atoms with Gasteiger partial charge in [0, 0.05) is 15.7 Å². The Bertz CT molecular complexity index is 1270. The zero-order valence-electron chi connectivity index (χ0n) is 18.0. The second-order valence-corrected chi connectivity index (χ2v) is 7.81. The minimum Gasteiger partial charge on any atom is -0.508 e. The summed E-state index contributed by atoms with van der Waals surface area (Å²) in [5, 5.41) is 24.2. The van der Waals surface area contributed by atoms with E-state index < -0.39 is 11.8 Å². The van der Waals surface area contributed by atoms with Crippen molar-refractivity contribution >= 4 is 45.2 Å². The van der Waals surface area contributed by atoms with Gasteiger partial charge in [0.2, 0.25) is 0 Å². The predicted octanol–water partition coefficient (Wildman–Crippen LogP) is 4.73. The molecule has 2 amide bonds. The maximum Gasteiger partial charge on any atom is 0.266 e. The standard InChI is InChI=1S/C25H20BrN3O5/c1-33-23-5-3-2-4-21(23)29-24(31)15-34-22-11-6-18(26)13-16(22)12-17(14-27)25(32)28-19-7-9-20(30)10-8-19/h2-13,30H,15H2,1H3,(H,28,32)(H,29,31)/b17-12+. The third kappa shape index (κ3) is 6.60. The van der Waals surface area contributed by atoms with Crippen LogP contribution >= 0.6 is 15.9 Å². The molecule has 0 atom stereocenters. The van der Waals surface area contributed by atoms with Crippen molar-refractivity contribution in [3.8, 4) is 23.3 Å². The molecule has 172 valence electrons. The Labute approximate surface area is 204 Å². The van der Waals surface area contributed by atoms with E-state index in [1.807, 2.05) is 6.07 Å². The maximum absolute atomic E-state index is 12.6. The molecule has 3 aromatic carbocycles. The molecule has 0 heterocycles. The van der Waals surface area contributed by atoms with Gasteiger partial charge in [-0.05, 0) is 60.7 Å². The van der Waals surface area contributed by atoms with Crippen molar-refractivity contribution in [1.82, 2.24) is 0 Å². The molecule has 0 aliphatic rings. The van der Waals surface area contributed by atoms with E-state index in [0.717, 1.165) is 0 Å². The van der Waals surface area contributed by atoms with Crippen LogP contribution in [0.4, 0.5) is 11.4 Å². The Kier molecular flexibility index (Phi) is 8.26. The average molecular weight is 522 g/mol. The van der Waals surface area contributed by atoms with E-state index >= 15 is 0 Å². The van der Waals surface area contributed by atoms with E-state index in [-0.39, 0.29) is 17.9 Å². The number of hydrogen-bond acceptors (Lipinski definition) is 6. The fraction of sp³-hybridized carbons (Fsp3) is 0.0800. The Morgan fingerprint density at radius 2 is 1.79 bits per heavy atom. The number of phenols is 1. The molecule has 0 saturated carbocycles. The highest BCUT2D eigenvalue weighted by molar-refractivity contribution is 9.10. The van der Waals surface area contributed by atoms with Crippen molar-refractivity contribution in [3.63, 3.8) is 0 Å². The molecule has 0 saturated heterocycles. The van der Waals surface area contributed by atoms with Gasteiger partial charge in [0.25, 0.3) is 11.8 Å². The summed E-state index contributed by atoms with van der Waals surface area (Å²) in [5.74, 6) is -0.161. The Morgan fingerprint density at radius 1 is 1.06 bits per heavy atom. The highest BCUT2D eigenvalue weighted by Gasteiger charge is 2.14. The highest BCUT2D eigenvalue weighted by Crippen LogP contribution is 2.27. The predicted molar refractivity (Wildman–Crippen MR) is 132 cm³/mol.